The van der Waals surface area contributed by atoms with Crippen molar-refractivity contribution in [1.29, 1.82) is 0 Å². The number of rotatable bonds is 10. The molecule has 1 saturated heterocycles. The standard InChI is InChI=1S/C33H48N4O9/c1-9-27(38)34-12-14-36-24-16-23(22(6)15-25(24)46-32(7,8)29(36)40)28(39)37(20(2)3)26-17-33(26)11-10-13-35(18-33)30(41)43-19-44-31(42)45-21(4)5/h15-16,20-21,26H,9-14,17-19H2,1-8H3,(H,34,38)/t26-,33?/m0/s1. The minimum absolute atomic E-state index is 0.0968. The first-order chi connectivity index (χ1) is 21.6. The molecule has 1 aromatic rings. The summed E-state index contributed by atoms with van der Waals surface area (Å²) in [6, 6.07) is 3.29. The van der Waals surface area contributed by atoms with Gasteiger partial charge in [-0.1, -0.05) is 6.92 Å². The van der Waals surface area contributed by atoms with Crippen LogP contribution < -0.4 is 15.0 Å². The van der Waals surface area contributed by atoms with Crippen molar-refractivity contribution in [3.63, 3.8) is 0 Å². The first-order valence-corrected chi connectivity index (χ1v) is 16.1. The summed E-state index contributed by atoms with van der Waals surface area (Å²) in [6.07, 6.45) is 0.836. The van der Waals surface area contributed by atoms with Crippen LogP contribution in [0.5, 0.6) is 5.75 Å². The van der Waals surface area contributed by atoms with Crippen LogP contribution in [0.2, 0.25) is 0 Å². The Morgan fingerprint density at radius 2 is 1.85 bits per heavy atom. The Hall–Kier alpha value is -4.03. The Labute approximate surface area is 270 Å². The third-order valence-electron chi connectivity index (χ3n) is 8.76. The van der Waals surface area contributed by atoms with Gasteiger partial charge in [0, 0.05) is 55.7 Å². The number of aryl methyl sites for hydroxylation is 1. The number of nitrogens with zero attached hydrogens (tertiary/aromatic N) is 3. The number of carbonyl (C=O) groups is 5. The van der Waals surface area contributed by atoms with Gasteiger partial charge in [-0.05, 0) is 85.4 Å². The van der Waals surface area contributed by atoms with Crippen molar-refractivity contribution in [3.05, 3.63) is 23.3 Å². The van der Waals surface area contributed by atoms with Gasteiger partial charge < -0.3 is 39.0 Å². The molecule has 4 amide bonds. The molecule has 2 fully saturated rings. The molecule has 1 spiro atoms. The highest BCUT2D eigenvalue weighted by molar-refractivity contribution is 6.05. The van der Waals surface area contributed by atoms with Gasteiger partial charge in [0.1, 0.15) is 5.75 Å². The van der Waals surface area contributed by atoms with E-state index in [1.807, 2.05) is 25.7 Å². The van der Waals surface area contributed by atoms with Crippen molar-refractivity contribution in [1.82, 2.24) is 15.1 Å². The van der Waals surface area contributed by atoms with Gasteiger partial charge in [-0.3, -0.25) is 14.4 Å². The van der Waals surface area contributed by atoms with Gasteiger partial charge in [0.2, 0.25) is 12.7 Å². The maximum absolute atomic E-state index is 14.3. The maximum Gasteiger partial charge on any atom is 0.511 e. The number of piperidine rings is 1. The molecular weight excluding hydrogens is 596 g/mol. The van der Waals surface area contributed by atoms with Crippen molar-refractivity contribution >= 4 is 35.7 Å². The molecule has 1 N–H and O–H groups in total. The molecular formula is C33H48N4O9. The van der Waals surface area contributed by atoms with E-state index in [1.165, 1.54) is 0 Å². The van der Waals surface area contributed by atoms with Crippen LogP contribution in [0.1, 0.15) is 90.1 Å². The van der Waals surface area contributed by atoms with Gasteiger partial charge in [-0.15, -0.1) is 0 Å². The molecule has 2 aliphatic heterocycles. The zero-order chi connectivity index (χ0) is 34.0. The molecule has 254 valence electrons. The molecule has 2 atom stereocenters. The fraction of sp³-hybridized carbons (Fsp3) is 0.667. The monoisotopic (exact) mass is 644 g/mol. The van der Waals surface area contributed by atoms with Crippen molar-refractivity contribution in [2.24, 2.45) is 5.41 Å². The highest BCUT2D eigenvalue weighted by Crippen LogP contribution is 2.56. The summed E-state index contributed by atoms with van der Waals surface area (Å²) < 4.78 is 21.0. The molecule has 46 heavy (non-hydrogen) atoms. The van der Waals surface area contributed by atoms with E-state index in [-0.39, 0.29) is 54.4 Å². The molecule has 4 rings (SSSR count). The number of amides is 4. The molecule has 0 aromatic heterocycles. The summed E-state index contributed by atoms with van der Waals surface area (Å²) in [6.45, 7) is 15.2. The lowest BCUT2D eigenvalue weighted by molar-refractivity contribution is -0.132. The normalized spacial score (nSPS) is 21.4. The number of ether oxygens (including phenoxy) is 4. The molecule has 13 heteroatoms. The van der Waals surface area contributed by atoms with Crippen LogP contribution in [0.15, 0.2) is 12.1 Å². The van der Waals surface area contributed by atoms with E-state index in [1.54, 1.807) is 56.6 Å². The van der Waals surface area contributed by atoms with E-state index in [0.717, 1.165) is 24.8 Å². The summed E-state index contributed by atoms with van der Waals surface area (Å²) in [4.78, 5) is 69.1. The number of carbonyl (C=O) groups excluding carboxylic acids is 5. The zero-order valence-electron chi connectivity index (χ0n) is 28.3. The van der Waals surface area contributed by atoms with Gasteiger partial charge >= 0.3 is 12.2 Å². The first-order valence-electron chi connectivity index (χ1n) is 16.1. The number of hydrogen-bond acceptors (Lipinski definition) is 9. The van der Waals surface area contributed by atoms with Crippen LogP contribution in [0.3, 0.4) is 0 Å². The van der Waals surface area contributed by atoms with Crippen LogP contribution in [-0.2, 0) is 23.8 Å². The predicted molar refractivity (Wildman–Crippen MR) is 169 cm³/mol. The molecule has 13 nitrogen and oxygen atoms in total. The van der Waals surface area contributed by atoms with Crippen LogP contribution in [-0.4, -0.2) is 96.5 Å². The van der Waals surface area contributed by atoms with E-state index in [9.17, 15) is 24.0 Å². The van der Waals surface area contributed by atoms with Gasteiger partial charge in [-0.2, -0.15) is 0 Å². The molecule has 0 radical (unpaired) electrons. The SMILES string of the molecule is CCC(=O)NCCN1C(=O)C(C)(C)Oc2cc(C)c(C(=O)N(C(C)C)[C@H]3CC34CCCN(C(=O)OCOC(=O)OC(C)C)C4)cc21. The van der Waals surface area contributed by atoms with Crippen molar-refractivity contribution in [2.75, 3.05) is 37.9 Å². The first kappa shape index (κ1) is 34.8. The number of anilines is 1. The molecule has 1 aromatic carbocycles. The molecule has 1 saturated carbocycles. The van der Waals surface area contributed by atoms with Crippen LogP contribution >= 0.6 is 0 Å². The van der Waals surface area contributed by atoms with E-state index in [2.05, 4.69) is 5.32 Å². The number of nitrogens with one attached hydrogen (secondary N) is 1. The lowest BCUT2D eigenvalue weighted by atomic mass is 9.93. The fourth-order valence-corrected chi connectivity index (χ4v) is 6.40. The molecule has 0 bridgehead atoms. The molecule has 1 aliphatic carbocycles. The molecule has 3 aliphatic rings. The summed E-state index contributed by atoms with van der Waals surface area (Å²) in [7, 11) is 0. The van der Waals surface area contributed by atoms with Crippen LogP contribution in [0.4, 0.5) is 15.3 Å². The highest BCUT2D eigenvalue weighted by Gasteiger charge is 2.60. The number of hydrogen-bond donors (Lipinski definition) is 1. The summed E-state index contributed by atoms with van der Waals surface area (Å²) in [5.74, 6) is -0.0285. The van der Waals surface area contributed by atoms with E-state index < -0.39 is 24.6 Å². The average molecular weight is 645 g/mol. The molecule has 2 heterocycles. The topological polar surface area (TPSA) is 144 Å². The van der Waals surface area contributed by atoms with Gasteiger partial charge in [0.15, 0.2) is 5.60 Å². The van der Waals surface area contributed by atoms with Gasteiger partial charge in [0.25, 0.3) is 11.8 Å². The third kappa shape index (κ3) is 7.50. The second-order valence-corrected chi connectivity index (χ2v) is 13.4. The second-order valence-electron chi connectivity index (χ2n) is 13.4. The Morgan fingerprint density at radius 1 is 1.13 bits per heavy atom. The number of benzene rings is 1. The highest BCUT2D eigenvalue weighted by atomic mass is 16.8. The predicted octanol–water partition coefficient (Wildman–Crippen LogP) is 4.39. The smallest absolute Gasteiger partial charge is 0.476 e. The number of likely N-dealkylation sites (tertiary alicyclic amines) is 1. The lowest BCUT2D eigenvalue weighted by Gasteiger charge is -2.40. The van der Waals surface area contributed by atoms with Crippen LogP contribution in [0, 0.1) is 12.3 Å². The Morgan fingerprint density at radius 3 is 2.50 bits per heavy atom. The third-order valence-corrected chi connectivity index (χ3v) is 8.76. The van der Waals surface area contributed by atoms with Crippen LogP contribution in [0.25, 0.3) is 0 Å². The quantitative estimate of drug-likeness (QED) is 0.290. The van der Waals surface area contributed by atoms with Gasteiger partial charge in [0.05, 0.1) is 11.8 Å². The minimum Gasteiger partial charge on any atom is -0.476 e. The lowest BCUT2D eigenvalue weighted by Crippen LogP contribution is -2.54. The summed E-state index contributed by atoms with van der Waals surface area (Å²) >= 11 is 0. The summed E-state index contributed by atoms with van der Waals surface area (Å²) in [5, 5.41) is 2.82. The van der Waals surface area contributed by atoms with Crippen molar-refractivity contribution in [3.8, 4) is 5.75 Å². The van der Waals surface area contributed by atoms with Gasteiger partial charge in [-0.25, -0.2) is 9.59 Å². The van der Waals surface area contributed by atoms with E-state index in [0.29, 0.717) is 36.5 Å². The second kappa shape index (κ2) is 13.8. The zero-order valence-corrected chi connectivity index (χ0v) is 28.3. The minimum atomic E-state index is -1.11. The Bertz CT molecular complexity index is 1360. The average Bonchev–Trinajstić information content (AvgIpc) is 3.64. The maximum atomic E-state index is 14.3. The number of fused-ring (bicyclic) bond motifs is 1. The van der Waals surface area contributed by atoms with Crippen molar-refractivity contribution < 1.29 is 42.9 Å². The summed E-state index contributed by atoms with van der Waals surface area (Å²) in [5.41, 5.74) is 0.290. The molecule has 1 unspecified atom stereocenters. The van der Waals surface area contributed by atoms with E-state index in [4.69, 9.17) is 18.9 Å². The largest absolute Gasteiger partial charge is 0.511 e. The fourth-order valence-electron chi connectivity index (χ4n) is 6.40. The Kier molecular flexibility index (Phi) is 10.4. The van der Waals surface area contributed by atoms with Crippen molar-refractivity contribution in [2.45, 2.75) is 105 Å². The Balaban J connectivity index is 1.50. The van der Waals surface area contributed by atoms with E-state index >= 15 is 0 Å².